The third-order valence-corrected chi connectivity index (χ3v) is 6.97. The molecule has 12 heteroatoms. The van der Waals surface area contributed by atoms with E-state index < -0.39 is 58.9 Å². The Bertz CT molecular complexity index is 1430. The zero-order chi connectivity index (χ0) is 30.4. The first-order chi connectivity index (χ1) is 19.0. The van der Waals surface area contributed by atoms with Gasteiger partial charge in [0.2, 0.25) is 0 Å². The van der Waals surface area contributed by atoms with Crippen molar-refractivity contribution in [3.05, 3.63) is 88.0 Å². The third-order valence-electron chi connectivity index (χ3n) is 6.97. The number of ether oxygens (including phenoxy) is 2. The van der Waals surface area contributed by atoms with E-state index >= 15 is 0 Å². The number of carbonyl (C=O) groups is 1. The van der Waals surface area contributed by atoms with Crippen molar-refractivity contribution in [2.24, 2.45) is 0 Å². The number of halogens is 8. The molecule has 220 valence electrons. The van der Waals surface area contributed by atoms with Crippen LogP contribution in [0.15, 0.2) is 48.5 Å². The number of nitrogens with zero attached hydrogens (tertiary/aromatic N) is 1. The molecule has 1 unspecified atom stereocenters. The molecular weight excluding hydrogens is 562 g/mol. The Hall–Kier alpha value is -3.83. The predicted molar refractivity (Wildman–Crippen MR) is 133 cm³/mol. The Morgan fingerprint density at radius 1 is 0.902 bits per heavy atom. The van der Waals surface area contributed by atoms with Crippen molar-refractivity contribution >= 4 is 6.09 Å². The SMILES string of the molecule is COc1cc(F)c(C(C)C)cc1-c1ccc(F)cc1CN1C(=O)O[C@H](c2cc(C(F)(F)F)cc(C(F)(F)F)c2)C1C. The summed E-state index contributed by atoms with van der Waals surface area (Å²) in [6.07, 6.45) is -12.7. The van der Waals surface area contributed by atoms with E-state index in [9.17, 15) is 39.9 Å². The van der Waals surface area contributed by atoms with Gasteiger partial charge in [-0.15, -0.1) is 0 Å². The molecule has 0 saturated carbocycles. The zero-order valence-electron chi connectivity index (χ0n) is 22.3. The summed E-state index contributed by atoms with van der Waals surface area (Å²) in [6, 6.07) is 6.41. The van der Waals surface area contributed by atoms with E-state index in [0.717, 1.165) is 17.0 Å². The molecule has 1 aliphatic rings. The molecule has 0 bridgehead atoms. The number of cyclic esters (lactones) is 1. The van der Waals surface area contributed by atoms with E-state index in [2.05, 4.69) is 0 Å². The second kappa shape index (κ2) is 10.9. The molecule has 1 heterocycles. The molecule has 0 spiro atoms. The van der Waals surface area contributed by atoms with Gasteiger partial charge in [-0.1, -0.05) is 19.9 Å². The lowest BCUT2D eigenvalue weighted by molar-refractivity contribution is -0.143. The Balaban J connectivity index is 1.75. The van der Waals surface area contributed by atoms with Gasteiger partial charge in [0, 0.05) is 11.6 Å². The van der Waals surface area contributed by atoms with E-state index in [1.54, 1.807) is 19.9 Å². The van der Waals surface area contributed by atoms with Crippen molar-refractivity contribution in [3.8, 4) is 16.9 Å². The Morgan fingerprint density at radius 3 is 2.05 bits per heavy atom. The molecule has 0 radical (unpaired) electrons. The molecule has 1 aliphatic heterocycles. The molecule has 3 aromatic carbocycles. The summed E-state index contributed by atoms with van der Waals surface area (Å²) in [7, 11) is 1.32. The second-order valence-electron chi connectivity index (χ2n) is 10.0. The maximum atomic E-state index is 14.6. The highest BCUT2D eigenvalue weighted by atomic mass is 19.4. The molecule has 0 aliphatic carbocycles. The van der Waals surface area contributed by atoms with Gasteiger partial charge in [0.15, 0.2) is 0 Å². The lowest BCUT2D eigenvalue weighted by atomic mass is 9.92. The molecule has 4 rings (SSSR count). The molecule has 2 atom stereocenters. The third kappa shape index (κ3) is 6.11. The highest BCUT2D eigenvalue weighted by Crippen LogP contribution is 2.42. The minimum atomic E-state index is -5.08. The highest BCUT2D eigenvalue weighted by Gasteiger charge is 2.43. The minimum Gasteiger partial charge on any atom is -0.496 e. The Morgan fingerprint density at radius 2 is 1.51 bits per heavy atom. The monoisotopic (exact) mass is 587 g/mol. The maximum Gasteiger partial charge on any atom is 0.416 e. The van der Waals surface area contributed by atoms with Crippen LogP contribution in [0.25, 0.3) is 11.1 Å². The molecule has 41 heavy (non-hydrogen) atoms. The van der Waals surface area contributed by atoms with Gasteiger partial charge in [0.25, 0.3) is 0 Å². The van der Waals surface area contributed by atoms with Crippen molar-refractivity contribution < 1.29 is 49.4 Å². The predicted octanol–water partition coefficient (Wildman–Crippen LogP) is 8.88. The van der Waals surface area contributed by atoms with Crippen molar-refractivity contribution in [2.45, 2.75) is 57.7 Å². The van der Waals surface area contributed by atoms with Crippen molar-refractivity contribution in [2.75, 3.05) is 7.11 Å². The summed E-state index contributed by atoms with van der Waals surface area (Å²) < 4.78 is 120. The largest absolute Gasteiger partial charge is 0.496 e. The molecule has 0 aromatic heterocycles. The van der Waals surface area contributed by atoms with Crippen LogP contribution in [0.2, 0.25) is 0 Å². The van der Waals surface area contributed by atoms with Gasteiger partial charge in [0.05, 0.1) is 30.8 Å². The number of carbonyl (C=O) groups excluding carboxylic acids is 1. The summed E-state index contributed by atoms with van der Waals surface area (Å²) in [4.78, 5) is 14.0. The normalized spacial score (nSPS) is 17.8. The van der Waals surface area contributed by atoms with Crippen LogP contribution in [-0.4, -0.2) is 24.1 Å². The fourth-order valence-electron chi connectivity index (χ4n) is 4.84. The van der Waals surface area contributed by atoms with Gasteiger partial charge in [-0.25, -0.2) is 13.6 Å². The first-order valence-corrected chi connectivity index (χ1v) is 12.4. The Kier molecular flexibility index (Phi) is 7.99. The van der Waals surface area contributed by atoms with E-state index in [-0.39, 0.29) is 29.8 Å². The van der Waals surface area contributed by atoms with Crippen molar-refractivity contribution in [1.82, 2.24) is 4.90 Å². The smallest absolute Gasteiger partial charge is 0.416 e. The molecule has 1 amide bonds. The summed E-state index contributed by atoms with van der Waals surface area (Å²) in [6.45, 7) is 4.64. The number of methoxy groups -OCH3 is 1. The van der Waals surface area contributed by atoms with Crippen LogP contribution >= 0.6 is 0 Å². The number of hydrogen-bond donors (Lipinski definition) is 0. The van der Waals surface area contributed by atoms with Crippen LogP contribution in [0.1, 0.15) is 60.6 Å². The summed E-state index contributed by atoms with van der Waals surface area (Å²) in [5.74, 6) is -1.26. The number of rotatable bonds is 6. The van der Waals surface area contributed by atoms with Crippen LogP contribution in [0, 0.1) is 11.6 Å². The van der Waals surface area contributed by atoms with E-state index in [4.69, 9.17) is 9.47 Å². The molecular formula is C29H25F8NO3. The fraction of sp³-hybridized carbons (Fsp3) is 0.345. The molecule has 3 aromatic rings. The average Bonchev–Trinajstić information content (AvgIpc) is 3.15. The van der Waals surface area contributed by atoms with Crippen LogP contribution in [0.5, 0.6) is 5.75 Å². The van der Waals surface area contributed by atoms with Gasteiger partial charge < -0.3 is 9.47 Å². The topological polar surface area (TPSA) is 38.8 Å². The van der Waals surface area contributed by atoms with Crippen molar-refractivity contribution in [3.63, 3.8) is 0 Å². The number of hydrogen-bond acceptors (Lipinski definition) is 3. The standard InChI is InChI=1S/C29H25F8NO3/c1-14(2)22-11-23(25(40-4)12-24(22)31)21-6-5-20(30)9-17(21)13-38-15(3)26(41-27(38)39)16-7-18(28(32,33)34)10-19(8-16)29(35,36)37/h5-12,14-15,26H,13H2,1-4H3/t15?,26-/m0/s1. The quantitative estimate of drug-likeness (QED) is 0.271. The highest BCUT2D eigenvalue weighted by molar-refractivity contribution is 5.76. The van der Waals surface area contributed by atoms with Gasteiger partial charge in [-0.05, 0) is 71.5 Å². The molecule has 1 fully saturated rings. The van der Waals surface area contributed by atoms with Crippen LogP contribution < -0.4 is 4.74 Å². The average molecular weight is 588 g/mol. The molecule has 1 saturated heterocycles. The van der Waals surface area contributed by atoms with Gasteiger partial charge in [-0.3, -0.25) is 4.90 Å². The van der Waals surface area contributed by atoms with Crippen LogP contribution in [-0.2, 0) is 23.6 Å². The summed E-state index contributed by atoms with van der Waals surface area (Å²) >= 11 is 0. The lowest BCUT2D eigenvalue weighted by Crippen LogP contribution is -2.31. The Labute approximate surface area is 230 Å². The van der Waals surface area contributed by atoms with Gasteiger partial charge in [0.1, 0.15) is 23.5 Å². The van der Waals surface area contributed by atoms with Crippen molar-refractivity contribution in [1.29, 1.82) is 0 Å². The van der Waals surface area contributed by atoms with Gasteiger partial charge >= 0.3 is 18.4 Å². The van der Waals surface area contributed by atoms with E-state index in [0.29, 0.717) is 28.8 Å². The van der Waals surface area contributed by atoms with Crippen LogP contribution in [0.3, 0.4) is 0 Å². The summed E-state index contributed by atoms with van der Waals surface area (Å²) in [5, 5.41) is 0. The first kappa shape index (κ1) is 30.1. The number of alkyl halides is 6. The number of benzene rings is 3. The van der Waals surface area contributed by atoms with Gasteiger partial charge in [-0.2, -0.15) is 26.3 Å². The fourth-order valence-corrected chi connectivity index (χ4v) is 4.84. The lowest BCUT2D eigenvalue weighted by Gasteiger charge is -2.24. The van der Waals surface area contributed by atoms with E-state index in [1.165, 1.54) is 26.2 Å². The summed E-state index contributed by atoms with van der Waals surface area (Å²) in [5.41, 5.74) is -2.20. The second-order valence-corrected chi connectivity index (χ2v) is 10.0. The van der Waals surface area contributed by atoms with Crippen LogP contribution in [0.4, 0.5) is 39.9 Å². The molecule has 4 nitrogen and oxygen atoms in total. The first-order valence-electron chi connectivity index (χ1n) is 12.4. The molecule has 0 N–H and O–H groups in total. The minimum absolute atomic E-state index is 0.0107. The maximum absolute atomic E-state index is 14.6. The number of amides is 1. The zero-order valence-corrected chi connectivity index (χ0v) is 22.3. The van der Waals surface area contributed by atoms with E-state index in [1.807, 2.05) is 0 Å².